The van der Waals surface area contributed by atoms with Gasteiger partial charge in [-0.3, -0.25) is 0 Å². The molecule has 0 amide bonds. The van der Waals surface area contributed by atoms with Gasteiger partial charge in [-0.1, -0.05) is 35.0 Å². The minimum atomic E-state index is 0.829. The lowest BCUT2D eigenvalue weighted by molar-refractivity contribution is 0.899. The van der Waals surface area contributed by atoms with E-state index in [1.54, 1.807) is 0 Å². The Hall–Kier alpha value is -1.42. The summed E-state index contributed by atoms with van der Waals surface area (Å²) < 4.78 is 1.10. The Morgan fingerprint density at radius 2 is 2.10 bits per heavy atom. The van der Waals surface area contributed by atoms with Gasteiger partial charge in [-0.25, -0.2) is 9.97 Å². The molecule has 0 atom stereocenters. The molecule has 0 spiro atoms. The lowest BCUT2D eigenvalue weighted by Gasteiger charge is -2.12. The highest BCUT2D eigenvalue weighted by molar-refractivity contribution is 9.10. The van der Waals surface area contributed by atoms with Crippen molar-refractivity contribution in [3.8, 4) is 11.4 Å². The quantitative estimate of drug-likeness (QED) is 0.884. The van der Waals surface area contributed by atoms with Crippen LogP contribution in [-0.2, 0) is 12.8 Å². The third-order valence-electron chi connectivity index (χ3n) is 3.91. The SMILES string of the molecule is CCCNc1nc(-c2ccc(C)c(Br)c2)nc2c1CCC2. The maximum atomic E-state index is 4.79. The molecular formula is C17H20BrN3. The van der Waals surface area contributed by atoms with Crippen molar-refractivity contribution in [1.82, 2.24) is 9.97 Å². The van der Waals surface area contributed by atoms with Gasteiger partial charge < -0.3 is 5.32 Å². The van der Waals surface area contributed by atoms with E-state index in [1.165, 1.54) is 23.2 Å². The van der Waals surface area contributed by atoms with E-state index in [-0.39, 0.29) is 0 Å². The summed E-state index contributed by atoms with van der Waals surface area (Å²) >= 11 is 3.60. The van der Waals surface area contributed by atoms with Gasteiger partial charge in [0.1, 0.15) is 5.82 Å². The van der Waals surface area contributed by atoms with Crippen LogP contribution in [0.5, 0.6) is 0 Å². The van der Waals surface area contributed by atoms with Crippen molar-refractivity contribution in [1.29, 1.82) is 0 Å². The summed E-state index contributed by atoms with van der Waals surface area (Å²) in [6.07, 6.45) is 4.45. The molecule has 0 bridgehead atoms. The molecule has 0 fully saturated rings. The van der Waals surface area contributed by atoms with Crippen molar-refractivity contribution in [2.75, 3.05) is 11.9 Å². The van der Waals surface area contributed by atoms with Gasteiger partial charge >= 0.3 is 0 Å². The van der Waals surface area contributed by atoms with Crippen molar-refractivity contribution < 1.29 is 0 Å². The third kappa shape index (κ3) is 2.95. The molecule has 0 radical (unpaired) electrons. The lowest BCUT2D eigenvalue weighted by atomic mass is 10.1. The largest absolute Gasteiger partial charge is 0.370 e. The summed E-state index contributed by atoms with van der Waals surface area (Å²) in [6, 6.07) is 6.31. The highest BCUT2D eigenvalue weighted by atomic mass is 79.9. The summed E-state index contributed by atoms with van der Waals surface area (Å²) in [4.78, 5) is 9.57. The molecule has 3 nitrogen and oxygen atoms in total. The molecule has 1 N–H and O–H groups in total. The van der Waals surface area contributed by atoms with E-state index in [0.29, 0.717) is 0 Å². The molecule has 0 aliphatic heterocycles. The number of halogens is 1. The lowest BCUT2D eigenvalue weighted by Crippen LogP contribution is -2.08. The number of nitrogens with zero attached hydrogens (tertiary/aromatic N) is 2. The molecule has 1 aliphatic carbocycles. The van der Waals surface area contributed by atoms with Crippen LogP contribution in [0.2, 0.25) is 0 Å². The Balaban J connectivity index is 2.04. The molecule has 21 heavy (non-hydrogen) atoms. The molecule has 110 valence electrons. The number of hydrogen-bond acceptors (Lipinski definition) is 3. The molecule has 0 unspecified atom stereocenters. The number of aromatic nitrogens is 2. The first-order chi connectivity index (χ1) is 10.2. The van der Waals surface area contributed by atoms with E-state index in [1.807, 2.05) is 0 Å². The molecule has 1 heterocycles. The van der Waals surface area contributed by atoms with Crippen LogP contribution in [-0.4, -0.2) is 16.5 Å². The van der Waals surface area contributed by atoms with Crippen LogP contribution in [0.4, 0.5) is 5.82 Å². The second-order valence-electron chi connectivity index (χ2n) is 5.57. The molecule has 1 aliphatic rings. The fourth-order valence-electron chi connectivity index (χ4n) is 2.68. The summed E-state index contributed by atoms with van der Waals surface area (Å²) in [5.74, 6) is 1.86. The first kappa shape index (κ1) is 14.5. The van der Waals surface area contributed by atoms with E-state index < -0.39 is 0 Å². The van der Waals surface area contributed by atoms with E-state index >= 15 is 0 Å². The summed E-state index contributed by atoms with van der Waals surface area (Å²) in [6.45, 7) is 5.22. The zero-order valence-corrected chi connectivity index (χ0v) is 14.1. The minimum Gasteiger partial charge on any atom is -0.370 e. The molecule has 3 rings (SSSR count). The van der Waals surface area contributed by atoms with Crippen LogP contribution in [0.1, 0.15) is 36.6 Å². The van der Waals surface area contributed by atoms with E-state index in [4.69, 9.17) is 9.97 Å². The van der Waals surface area contributed by atoms with Gasteiger partial charge in [-0.15, -0.1) is 0 Å². The van der Waals surface area contributed by atoms with Crippen LogP contribution >= 0.6 is 15.9 Å². The van der Waals surface area contributed by atoms with Gasteiger partial charge in [-0.2, -0.15) is 0 Å². The molecular weight excluding hydrogens is 326 g/mol. The number of fused-ring (bicyclic) bond motifs is 1. The third-order valence-corrected chi connectivity index (χ3v) is 4.76. The van der Waals surface area contributed by atoms with Gasteiger partial charge in [0.15, 0.2) is 5.82 Å². The molecule has 1 aromatic heterocycles. The first-order valence-corrected chi connectivity index (χ1v) is 8.38. The summed E-state index contributed by atoms with van der Waals surface area (Å²) in [7, 11) is 0. The van der Waals surface area contributed by atoms with Crippen molar-refractivity contribution in [2.45, 2.75) is 39.5 Å². The maximum Gasteiger partial charge on any atom is 0.161 e. The zero-order valence-electron chi connectivity index (χ0n) is 12.5. The number of benzene rings is 1. The summed E-state index contributed by atoms with van der Waals surface area (Å²) in [5.41, 5.74) is 4.83. The predicted molar refractivity (Wildman–Crippen MR) is 90.7 cm³/mol. The standard InChI is InChI=1S/C17H20BrN3/c1-3-9-19-17-13-5-4-6-15(13)20-16(21-17)12-8-7-11(2)14(18)10-12/h7-8,10H,3-6,9H2,1-2H3,(H,19,20,21). The Morgan fingerprint density at radius 1 is 1.24 bits per heavy atom. The number of rotatable bonds is 4. The Morgan fingerprint density at radius 3 is 2.86 bits per heavy atom. The van der Waals surface area contributed by atoms with E-state index in [2.05, 4.69) is 53.3 Å². The van der Waals surface area contributed by atoms with Crippen LogP contribution < -0.4 is 5.32 Å². The smallest absolute Gasteiger partial charge is 0.161 e. The van der Waals surface area contributed by atoms with Crippen molar-refractivity contribution in [3.05, 3.63) is 39.5 Å². The average molecular weight is 346 g/mol. The molecule has 2 aromatic rings. The van der Waals surface area contributed by atoms with Crippen LogP contribution in [0.25, 0.3) is 11.4 Å². The molecule has 0 saturated carbocycles. The second kappa shape index (κ2) is 6.14. The predicted octanol–water partition coefficient (Wildman–Crippen LogP) is 4.53. The van der Waals surface area contributed by atoms with Crippen molar-refractivity contribution in [3.63, 3.8) is 0 Å². The molecule has 1 aromatic carbocycles. The second-order valence-corrected chi connectivity index (χ2v) is 6.42. The number of nitrogens with one attached hydrogen (secondary N) is 1. The number of hydrogen-bond donors (Lipinski definition) is 1. The van der Waals surface area contributed by atoms with E-state index in [0.717, 1.165) is 47.5 Å². The van der Waals surface area contributed by atoms with Crippen molar-refractivity contribution >= 4 is 21.7 Å². The molecule has 4 heteroatoms. The highest BCUT2D eigenvalue weighted by Crippen LogP contribution is 2.30. The average Bonchev–Trinajstić information content (AvgIpc) is 2.96. The van der Waals surface area contributed by atoms with Gasteiger partial charge in [0.2, 0.25) is 0 Å². The van der Waals surface area contributed by atoms with Gasteiger partial charge in [0, 0.05) is 27.8 Å². The van der Waals surface area contributed by atoms with Gasteiger partial charge in [0.05, 0.1) is 0 Å². The number of aryl methyl sites for hydroxylation is 2. The first-order valence-electron chi connectivity index (χ1n) is 7.59. The zero-order chi connectivity index (χ0) is 14.8. The van der Waals surface area contributed by atoms with Crippen LogP contribution in [0.3, 0.4) is 0 Å². The fraction of sp³-hybridized carbons (Fsp3) is 0.412. The monoisotopic (exact) mass is 345 g/mol. The Bertz CT molecular complexity index is 667. The van der Waals surface area contributed by atoms with E-state index in [9.17, 15) is 0 Å². The normalized spacial score (nSPS) is 13.3. The Kier molecular flexibility index (Phi) is 4.24. The van der Waals surface area contributed by atoms with Gasteiger partial charge in [0.25, 0.3) is 0 Å². The van der Waals surface area contributed by atoms with Crippen LogP contribution in [0.15, 0.2) is 22.7 Å². The topological polar surface area (TPSA) is 37.8 Å². The van der Waals surface area contributed by atoms with Crippen LogP contribution in [0, 0.1) is 6.92 Å². The molecule has 0 saturated heterocycles. The maximum absolute atomic E-state index is 4.79. The van der Waals surface area contributed by atoms with Crippen molar-refractivity contribution in [2.24, 2.45) is 0 Å². The fourth-order valence-corrected chi connectivity index (χ4v) is 3.06. The Labute approximate surface area is 134 Å². The van der Waals surface area contributed by atoms with Gasteiger partial charge in [-0.05, 0) is 44.2 Å². The summed E-state index contributed by atoms with van der Waals surface area (Å²) in [5, 5.41) is 3.47. The number of anilines is 1. The highest BCUT2D eigenvalue weighted by Gasteiger charge is 2.19. The minimum absolute atomic E-state index is 0.829.